The molecule has 0 bridgehead atoms. The van der Waals surface area contributed by atoms with Gasteiger partial charge in [-0.15, -0.1) is 10.2 Å². The molecule has 150 valence electrons. The molecule has 0 N–H and O–H groups in total. The number of piperidine rings is 2. The third-order valence-electron chi connectivity index (χ3n) is 5.60. The summed E-state index contributed by atoms with van der Waals surface area (Å²) in [6, 6.07) is 10.2. The molecule has 0 aliphatic carbocycles. The van der Waals surface area contributed by atoms with Crippen LogP contribution < -0.4 is 4.90 Å². The molecule has 1 aromatic heterocycles. The lowest BCUT2D eigenvalue weighted by Gasteiger charge is -2.30. The van der Waals surface area contributed by atoms with Crippen LogP contribution in [-0.4, -0.2) is 57.5 Å². The van der Waals surface area contributed by atoms with Crippen LogP contribution in [0.15, 0.2) is 35.5 Å². The highest BCUT2D eigenvalue weighted by Crippen LogP contribution is 2.28. The number of thioether (sulfide) groups is 1. The van der Waals surface area contributed by atoms with E-state index < -0.39 is 0 Å². The van der Waals surface area contributed by atoms with Crippen molar-refractivity contribution in [2.45, 2.75) is 44.2 Å². The van der Waals surface area contributed by atoms with Gasteiger partial charge in [-0.2, -0.15) is 0 Å². The van der Waals surface area contributed by atoms with E-state index in [0.717, 1.165) is 49.4 Å². The van der Waals surface area contributed by atoms with Gasteiger partial charge in [-0.25, -0.2) is 0 Å². The summed E-state index contributed by atoms with van der Waals surface area (Å²) in [7, 11) is 0. The van der Waals surface area contributed by atoms with Gasteiger partial charge in [0.2, 0.25) is 11.9 Å². The van der Waals surface area contributed by atoms with E-state index >= 15 is 0 Å². The van der Waals surface area contributed by atoms with Gasteiger partial charge >= 0.3 is 0 Å². The first-order valence-electron chi connectivity index (χ1n) is 10.4. The first-order valence-corrected chi connectivity index (χ1v) is 11.4. The zero-order chi connectivity index (χ0) is 19.3. The van der Waals surface area contributed by atoms with Crippen molar-refractivity contribution in [1.29, 1.82) is 0 Å². The van der Waals surface area contributed by atoms with Crippen molar-refractivity contribution >= 4 is 23.6 Å². The molecule has 0 saturated carbocycles. The van der Waals surface area contributed by atoms with Crippen molar-refractivity contribution in [3.63, 3.8) is 0 Å². The Hall–Kier alpha value is -2.02. The SMILES string of the molecule is C[C@@H]1CCCN(C(=O)CSc2nnc(N3CCCCC3)n2-c2ccccc2)C1. The van der Waals surface area contributed by atoms with Crippen LogP contribution in [0.2, 0.25) is 0 Å². The average molecular weight is 400 g/mol. The summed E-state index contributed by atoms with van der Waals surface area (Å²) in [4.78, 5) is 17.0. The molecule has 0 spiro atoms. The maximum Gasteiger partial charge on any atom is 0.233 e. The van der Waals surface area contributed by atoms with Gasteiger partial charge in [0.05, 0.1) is 11.4 Å². The van der Waals surface area contributed by atoms with Crippen LogP contribution in [0.1, 0.15) is 39.0 Å². The van der Waals surface area contributed by atoms with Crippen LogP contribution in [-0.2, 0) is 4.79 Å². The van der Waals surface area contributed by atoms with Gasteiger partial charge in [-0.3, -0.25) is 9.36 Å². The number of rotatable bonds is 5. The summed E-state index contributed by atoms with van der Waals surface area (Å²) >= 11 is 1.50. The molecule has 7 heteroatoms. The zero-order valence-corrected chi connectivity index (χ0v) is 17.4. The number of likely N-dealkylation sites (tertiary alicyclic amines) is 1. The lowest BCUT2D eigenvalue weighted by molar-refractivity contribution is -0.130. The van der Waals surface area contributed by atoms with Crippen LogP contribution in [0.4, 0.5) is 5.95 Å². The third-order valence-corrected chi connectivity index (χ3v) is 6.52. The van der Waals surface area contributed by atoms with Crippen molar-refractivity contribution < 1.29 is 4.79 Å². The minimum absolute atomic E-state index is 0.207. The zero-order valence-electron chi connectivity index (χ0n) is 16.6. The van der Waals surface area contributed by atoms with Crippen molar-refractivity contribution in [2.75, 3.05) is 36.8 Å². The van der Waals surface area contributed by atoms with Gasteiger partial charge in [0, 0.05) is 26.2 Å². The Bertz CT molecular complexity index is 787. The number of anilines is 1. The maximum absolute atomic E-state index is 12.7. The van der Waals surface area contributed by atoms with E-state index in [4.69, 9.17) is 0 Å². The minimum Gasteiger partial charge on any atom is -0.342 e. The van der Waals surface area contributed by atoms with Gasteiger partial charge < -0.3 is 9.80 Å². The molecule has 1 atom stereocenters. The molecule has 3 heterocycles. The van der Waals surface area contributed by atoms with E-state index in [1.165, 1.54) is 37.4 Å². The first-order chi connectivity index (χ1) is 13.7. The monoisotopic (exact) mass is 399 g/mol. The topological polar surface area (TPSA) is 54.3 Å². The highest BCUT2D eigenvalue weighted by atomic mass is 32.2. The lowest BCUT2D eigenvalue weighted by Crippen LogP contribution is -2.40. The van der Waals surface area contributed by atoms with E-state index in [-0.39, 0.29) is 5.91 Å². The van der Waals surface area contributed by atoms with E-state index in [9.17, 15) is 4.79 Å². The molecule has 2 aliphatic rings. The predicted molar refractivity (Wildman–Crippen MR) is 113 cm³/mol. The number of amides is 1. The van der Waals surface area contributed by atoms with E-state index in [1.54, 1.807) is 0 Å². The molecule has 28 heavy (non-hydrogen) atoms. The molecule has 4 rings (SSSR count). The standard InChI is InChI=1S/C21H29N5OS/c1-17-9-8-14-25(15-17)19(27)16-28-21-23-22-20(24-12-6-3-7-13-24)26(21)18-10-4-2-5-11-18/h2,4-5,10-11,17H,3,6-9,12-16H2,1H3/t17-/m1/s1. The predicted octanol–water partition coefficient (Wildman–Crippen LogP) is 3.61. The van der Waals surface area contributed by atoms with E-state index in [1.807, 2.05) is 23.1 Å². The van der Waals surface area contributed by atoms with Crippen molar-refractivity contribution in [3.05, 3.63) is 30.3 Å². The van der Waals surface area contributed by atoms with Crippen LogP contribution in [0, 0.1) is 5.92 Å². The van der Waals surface area contributed by atoms with Crippen LogP contribution in [0.25, 0.3) is 5.69 Å². The fourth-order valence-electron chi connectivity index (χ4n) is 4.09. The smallest absolute Gasteiger partial charge is 0.233 e. The quantitative estimate of drug-likeness (QED) is 0.719. The van der Waals surface area contributed by atoms with Gasteiger partial charge in [0.15, 0.2) is 5.16 Å². The second-order valence-electron chi connectivity index (χ2n) is 7.88. The Morgan fingerprint density at radius 1 is 1.07 bits per heavy atom. The molecule has 6 nitrogen and oxygen atoms in total. The molecule has 2 aliphatic heterocycles. The molecule has 2 aromatic rings. The molecule has 0 unspecified atom stereocenters. The fourth-order valence-corrected chi connectivity index (χ4v) is 4.94. The van der Waals surface area contributed by atoms with Gasteiger partial charge in [-0.1, -0.05) is 36.9 Å². The Morgan fingerprint density at radius 3 is 2.61 bits per heavy atom. The van der Waals surface area contributed by atoms with Crippen LogP contribution >= 0.6 is 11.8 Å². The second-order valence-corrected chi connectivity index (χ2v) is 8.82. The summed E-state index contributed by atoms with van der Waals surface area (Å²) in [5, 5.41) is 9.77. The molecular formula is C21H29N5OS. The van der Waals surface area contributed by atoms with Gasteiger partial charge in [0.1, 0.15) is 0 Å². The maximum atomic E-state index is 12.7. The Balaban J connectivity index is 1.53. The Kier molecular flexibility index (Phi) is 6.20. The summed E-state index contributed by atoms with van der Waals surface area (Å²) in [6.45, 7) is 6.02. The van der Waals surface area contributed by atoms with Gasteiger partial charge in [-0.05, 0) is 50.2 Å². The molecule has 2 saturated heterocycles. The molecule has 0 radical (unpaired) electrons. The highest BCUT2D eigenvalue weighted by molar-refractivity contribution is 7.99. The summed E-state index contributed by atoms with van der Waals surface area (Å²) in [5.41, 5.74) is 1.05. The average Bonchev–Trinajstić information content (AvgIpc) is 3.17. The van der Waals surface area contributed by atoms with Crippen LogP contribution in [0.3, 0.4) is 0 Å². The van der Waals surface area contributed by atoms with Crippen LogP contribution in [0.5, 0.6) is 0 Å². The molecule has 1 aromatic carbocycles. The summed E-state index contributed by atoms with van der Waals surface area (Å²) in [5.74, 6) is 2.12. The number of carbonyl (C=O) groups excluding carboxylic acids is 1. The second kappa shape index (κ2) is 8.99. The van der Waals surface area contributed by atoms with Crippen molar-refractivity contribution in [3.8, 4) is 5.69 Å². The number of benzene rings is 1. The number of carbonyl (C=O) groups is 1. The Morgan fingerprint density at radius 2 is 1.86 bits per heavy atom. The number of para-hydroxylation sites is 1. The van der Waals surface area contributed by atoms with E-state index in [2.05, 4.69) is 38.7 Å². The highest BCUT2D eigenvalue weighted by Gasteiger charge is 2.24. The number of nitrogens with zero attached hydrogens (tertiary/aromatic N) is 5. The van der Waals surface area contributed by atoms with Crippen molar-refractivity contribution in [2.24, 2.45) is 5.92 Å². The molecule has 1 amide bonds. The first kappa shape index (κ1) is 19.3. The number of aromatic nitrogens is 3. The largest absolute Gasteiger partial charge is 0.342 e. The summed E-state index contributed by atoms with van der Waals surface area (Å²) < 4.78 is 2.11. The van der Waals surface area contributed by atoms with E-state index in [0.29, 0.717) is 11.7 Å². The summed E-state index contributed by atoms with van der Waals surface area (Å²) in [6.07, 6.45) is 5.99. The minimum atomic E-state index is 0.207. The third kappa shape index (κ3) is 4.35. The number of hydrogen-bond acceptors (Lipinski definition) is 5. The normalized spacial score (nSPS) is 20.4. The fraction of sp³-hybridized carbons (Fsp3) is 0.571. The lowest BCUT2D eigenvalue weighted by atomic mass is 10.0. The van der Waals surface area contributed by atoms with Crippen molar-refractivity contribution in [1.82, 2.24) is 19.7 Å². The van der Waals surface area contributed by atoms with Gasteiger partial charge in [0.25, 0.3) is 0 Å². The molecular weight excluding hydrogens is 370 g/mol. The Labute approximate surface area is 171 Å². The number of hydrogen-bond donors (Lipinski definition) is 0. The molecule has 2 fully saturated rings.